The molecule has 0 aliphatic heterocycles. The van der Waals surface area contributed by atoms with E-state index < -0.39 is 0 Å². The Balaban J connectivity index is 1.69. The normalized spacial score (nSPS) is 10.1. The first kappa shape index (κ1) is 13.6. The number of hydrogen-bond donors (Lipinski definition) is 1. The van der Waals surface area contributed by atoms with Gasteiger partial charge in [0.15, 0.2) is 6.61 Å². The lowest BCUT2D eigenvalue weighted by Gasteiger charge is -2.06. The summed E-state index contributed by atoms with van der Waals surface area (Å²) in [6.45, 7) is 1.93. The minimum absolute atomic E-state index is 0.0956. The van der Waals surface area contributed by atoms with Gasteiger partial charge in [0, 0.05) is 18.0 Å². The molecule has 4 heteroatoms. The van der Waals surface area contributed by atoms with Gasteiger partial charge in [-0.25, -0.2) is 0 Å². The molecular formula is C15H16N2OS. The fourth-order valence-electron chi connectivity index (χ4n) is 1.72. The van der Waals surface area contributed by atoms with Gasteiger partial charge in [0.2, 0.25) is 0 Å². The first-order chi connectivity index (χ1) is 9.38. The Labute approximate surface area is 117 Å². The summed E-state index contributed by atoms with van der Waals surface area (Å²) in [5.74, 6) is 0.740. The van der Waals surface area contributed by atoms with E-state index in [0.717, 1.165) is 25.3 Å². The Bertz CT molecular complexity index is 514. The molecule has 0 fully saturated rings. The van der Waals surface area contributed by atoms with Gasteiger partial charge < -0.3 is 10.1 Å². The van der Waals surface area contributed by atoms with Gasteiger partial charge in [-0.1, -0.05) is 18.2 Å². The summed E-state index contributed by atoms with van der Waals surface area (Å²) >= 11 is 1.80. The van der Waals surface area contributed by atoms with Gasteiger partial charge in [0.1, 0.15) is 11.8 Å². The van der Waals surface area contributed by atoms with Gasteiger partial charge in [-0.2, -0.15) is 5.26 Å². The Morgan fingerprint density at radius 3 is 2.74 bits per heavy atom. The van der Waals surface area contributed by atoms with E-state index in [1.54, 1.807) is 11.3 Å². The first-order valence-corrected chi connectivity index (χ1v) is 7.08. The van der Waals surface area contributed by atoms with E-state index in [1.165, 1.54) is 10.4 Å². The van der Waals surface area contributed by atoms with Crippen molar-refractivity contribution in [1.29, 1.82) is 5.26 Å². The lowest BCUT2D eigenvalue weighted by Crippen LogP contribution is -2.16. The number of ether oxygens (including phenoxy) is 1. The fourth-order valence-corrected chi connectivity index (χ4v) is 2.43. The summed E-state index contributed by atoms with van der Waals surface area (Å²) < 4.78 is 5.20. The third kappa shape index (κ3) is 4.74. The molecule has 0 aliphatic carbocycles. The van der Waals surface area contributed by atoms with E-state index in [4.69, 9.17) is 10.00 Å². The first-order valence-electron chi connectivity index (χ1n) is 6.20. The largest absolute Gasteiger partial charge is 0.479 e. The molecule has 2 rings (SSSR count). The SMILES string of the molecule is N#CCOc1ccc(CNCCc2cccs2)cc1. The van der Waals surface area contributed by atoms with E-state index in [0.29, 0.717) is 0 Å². The van der Waals surface area contributed by atoms with Gasteiger partial charge in [-0.05, 0) is 35.6 Å². The van der Waals surface area contributed by atoms with Crippen LogP contribution >= 0.6 is 11.3 Å². The zero-order chi connectivity index (χ0) is 13.3. The molecule has 3 nitrogen and oxygen atoms in total. The molecule has 1 heterocycles. The molecule has 1 aromatic carbocycles. The van der Waals surface area contributed by atoms with E-state index in [1.807, 2.05) is 30.3 Å². The Hall–Kier alpha value is -1.83. The molecule has 1 N–H and O–H groups in total. The molecule has 0 bridgehead atoms. The van der Waals surface area contributed by atoms with Crippen LogP contribution in [0.15, 0.2) is 41.8 Å². The average molecular weight is 272 g/mol. The van der Waals surface area contributed by atoms with Crippen LogP contribution in [-0.2, 0) is 13.0 Å². The third-order valence-electron chi connectivity index (χ3n) is 2.68. The summed E-state index contributed by atoms with van der Waals surface area (Å²) in [4.78, 5) is 1.41. The van der Waals surface area contributed by atoms with Crippen LogP contribution in [0.2, 0.25) is 0 Å². The van der Waals surface area contributed by atoms with Crippen LogP contribution in [0.1, 0.15) is 10.4 Å². The minimum Gasteiger partial charge on any atom is -0.479 e. The molecule has 2 aromatic rings. The number of thiophene rings is 1. The maximum absolute atomic E-state index is 8.42. The van der Waals surface area contributed by atoms with Crippen molar-refractivity contribution in [2.75, 3.05) is 13.2 Å². The molecular weight excluding hydrogens is 256 g/mol. The standard InChI is InChI=1S/C15H16N2OS/c16-8-10-18-14-5-3-13(4-6-14)12-17-9-7-15-2-1-11-19-15/h1-6,11,17H,7,9-10,12H2. The number of hydrogen-bond acceptors (Lipinski definition) is 4. The predicted molar refractivity (Wildman–Crippen MR) is 77.3 cm³/mol. The molecule has 0 saturated heterocycles. The number of nitrogens with one attached hydrogen (secondary N) is 1. The van der Waals surface area contributed by atoms with Crippen molar-refractivity contribution < 1.29 is 4.74 Å². The van der Waals surface area contributed by atoms with Crippen molar-refractivity contribution in [3.8, 4) is 11.8 Å². The van der Waals surface area contributed by atoms with Gasteiger partial charge in [-0.3, -0.25) is 0 Å². The van der Waals surface area contributed by atoms with Crippen molar-refractivity contribution in [2.24, 2.45) is 0 Å². The molecule has 0 atom stereocenters. The zero-order valence-corrected chi connectivity index (χ0v) is 11.5. The van der Waals surface area contributed by atoms with Gasteiger partial charge >= 0.3 is 0 Å². The van der Waals surface area contributed by atoms with E-state index in [9.17, 15) is 0 Å². The Morgan fingerprint density at radius 2 is 2.05 bits per heavy atom. The van der Waals surface area contributed by atoms with Crippen molar-refractivity contribution >= 4 is 11.3 Å². The molecule has 0 amide bonds. The molecule has 1 aromatic heterocycles. The van der Waals surface area contributed by atoms with Crippen LogP contribution in [0.4, 0.5) is 0 Å². The molecule has 0 saturated carbocycles. The van der Waals surface area contributed by atoms with Crippen LogP contribution in [0.5, 0.6) is 5.75 Å². The summed E-state index contributed by atoms with van der Waals surface area (Å²) in [5.41, 5.74) is 1.22. The highest BCUT2D eigenvalue weighted by atomic mass is 32.1. The predicted octanol–water partition coefficient (Wildman–Crippen LogP) is 2.98. The second-order valence-corrected chi connectivity index (χ2v) is 5.13. The van der Waals surface area contributed by atoms with Gasteiger partial charge in [0.25, 0.3) is 0 Å². The molecule has 0 spiro atoms. The fraction of sp³-hybridized carbons (Fsp3) is 0.267. The topological polar surface area (TPSA) is 45.0 Å². The number of rotatable bonds is 7. The molecule has 19 heavy (non-hydrogen) atoms. The molecule has 0 unspecified atom stereocenters. The molecule has 0 radical (unpaired) electrons. The summed E-state index contributed by atoms with van der Waals surface area (Å²) in [5, 5.41) is 13.9. The monoisotopic (exact) mass is 272 g/mol. The highest BCUT2D eigenvalue weighted by Crippen LogP contribution is 2.12. The quantitative estimate of drug-likeness (QED) is 0.788. The smallest absolute Gasteiger partial charge is 0.174 e. The van der Waals surface area contributed by atoms with Crippen molar-refractivity contribution in [2.45, 2.75) is 13.0 Å². The van der Waals surface area contributed by atoms with Gasteiger partial charge in [-0.15, -0.1) is 11.3 Å². The second-order valence-electron chi connectivity index (χ2n) is 4.10. The lowest BCUT2D eigenvalue weighted by molar-refractivity contribution is 0.368. The zero-order valence-electron chi connectivity index (χ0n) is 10.6. The molecule has 98 valence electrons. The minimum atomic E-state index is 0.0956. The summed E-state index contributed by atoms with van der Waals surface area (Å²) in [6.07, 6.45) is 1.07. The number of nitrogens with zero attached hydrogens (tertiary/aromatic N) is 1. The van der Waals surface area contributed by atoms with Crippen LogP contribution in [0, 0.1) is 11.3 Å². The van der Waals surface area contributed by atoms with Crippen LogP contribution < -0.4 is 10.1 Å². The van der Waals surface area contributed by atoms with E-state index in [-0.39, 0.29) is 6.61 Å². The Morgan fingerprint density at radius 1 is 1.21 bits per heavy atom. The number of nitriles is 1. The van der Waals surface area contributed by atoms with Crippen LogP contribution in [0.3, 0.4) is 0 Å². The maximum atomic E-state index is 8.42. The van der Waals surface area contributed by atoms with Gasteiger partial charge in [0.05, 0.1) is 0 Å². The van der Waals surface area contributed by atoms with Crippen molar-refractivity contribution in [3.05, 3.63) is 52.2 Å². The van der Waals surface area contributed by atoms with E-state index in [2.05, 4.69) is 22.8 Å². The average Bonchev–Trinajstić information content (AvgIpc) is 2.96. The summed E-state index contributed by atoms with van der Waals surface area (Å²) in [7, 11) is 0. The maximum Gasteiger partial charge on any atom is 0.174 e. The van der Waals surface area contributed by atoms with Crippen LogP contribution in [-0.4, -0.2) is 13.2 Å². The lowest BCUT2D eigenvalue weighted by atomic mass is 10.2. The van der Waals surface area contributed by atoms with Crippen molar-refractivity contribution in [1.82, 2.24) is 5.32 Å². The highest BCUT2D eigenvalue weighted by Gasteiger charge is 1.96. The van der Waals surface area contributed by atoms with Crippen LogP contribution in [0.25, 0.3) is 0 Å². The number of benzene rings is 1. The summed E-state index contributed by atoms with van der Waals surface area (Å²) in [6, 6.07) is 14.0. The van der Waals surface area contributed by atoms with Crippen molar-refractivity contribution in [3.63, 3.8) is 0 Å². The molecule has 0 aliphatic rings. The highest BCUT2D eigenvalue weighted by molar-refractivity contribution is 7.09. The Kier molecular flexibility index (Phi) is 5.42. The second kappa shape index (κ2) is 7.57. The van der Waals surface area contributed by atoms with E-state index >= 15 is 0 Å². The third-order valence-corrected chi connectivity index (χ3v) is 3.62.